The molecule has 3 heteroatoms. The van der Waals surface area contributed by atoms with Crippen LogP contribution in [0.25, 0.3) is 10.1 Å². The van der Waals surface area contributed by atoms with Gasteiger partial charge in [-0.15, -0.1) is 24.0 Å². The number of benzene rings is 1. The number of hydrogen-bond donors (Lipinski definition) is 1. The monoisotopic (exact) mass is 224 g/mol. The minimum atomic E-state index is 0.707. The zero-order valence-electron chi connectivity index (χ0n) is 8.20. The molecule has 0 aliphatic carbocycles. The average Bonchev–Trinajstić information content (AvgIpc) is 2.49. The molecule has 0 aliphatic heterocycles. The molecule has 1 aromatic heterocycles. The van der Waals surface area contributed by atoms with Crippen LogP contribution in [0.3, 0.4) is 0 Å². The topological polar surface area (TPSA) is 9.23 Å². The first kappa shape index (κ1) is 9.87. The van der Waals surface area contributed by atoms with Crippen LogP contribution >= 0.6 is 24.0 Å². The van der Waals surface area contributed by atoms with Crippen LogP contribution in [0.1, 0.15) is 12.5 Å². The van der Waals surface area contributed by atoms with Crippen LogP contribution in [0.2, 0.25) is 0 Å². The summed E-state index contributed by atoms with van der Waals surface area (Å²) in [6, 6.07) is 4.23. The Morgan fingerprint density at radius 1 is 1.43 bits per heavy atom. The maximum absolute atomic E-state index is 5.59. The van der Waals surface area contributed by atoms with E-state index in [1.54, 1.807) is 11.3 Å². The Balaban J connectivity index is 2.68. The summed E-state index contributed by atoms with van der Waals surface area (Å²) in [6.45, 7) is 4.79. The van der Waals surface area contributed by atoms with Gasteiger partial charge < -0.3 is 4.74 Å². The molecule has 0 N–H and O–H groups in total. The van der Waals surface area contributed by atoms with Crippen molar-refractivity contribution in [3.63, 3.8) is 0 Å². The lowest BCUT2D eigenvalue weighted by molar-refractivity contribution is 0.344. The molecule has 1 aromatic carbocycles. The van der Waals surface area contributed by atoms with E-state index in [4.69, 9.17) is 4.74 Å². The van der Waals surface area contributed by atoms with Gasteiger partial charge in [0.25, 0.3) is 0 Å². The molecule has 0 saturated heterocycles. The highest BCUT2D eigenvalue weighted by atomic mass is 32.1. The van der Waals surface area contributed by atoms with E-state index in [0.29, 0.717) is 6.61 Å². The van der Waals surface area contributed by atoms with Crippen molar-refractivity contribution in [2.24, 2.45) is 0 Å². The lowest BCUT2D eigenvalue weighted by Gasteiger charge is -2.05. The SMILES string of the molecule is CCOc1cc(C)cc2c(S)csc12. The Morgan fingerprint density at radius 2 is 2.21 bits per heavy atom. The first-order chi connectivity index (χ1) is 6.72. The molecule has 0 amide bonds. The molecule has 0 spiro atoms. The number of thiophene rings is 1. The van der Waals surface area contributed by atoms with Gasteiger partial charge in [0.1, 0.15) is 5.75 Å². The average molecular weight is 224 g/mol. The molecule has 74 valence electrons. The molecule has 14 heavy (non-hydrogen) atoms. The van der Waals surface area contributed by atoms with Crippen molar-refractivity contribution in [3.8, 4) is 5.75 Å². The summed E-state index contributed by atoms with van der Waals surface area (Å²) in [4.78, 5) is 1.04. The standard InChI is InChI=1S/C11H12OS2/c1-3-12-9-5-7(2)4-8-10(13)6-14-11(8)9/h4-6,13H,3H2,1-2H3. The van der Waals surface area contributed by atoms with Crippen molar-refractivity contribution in [2.75, 3.05) is 6.61 Å². The number of rotatable bonds is 2. The summed E-state index contributed by atoms with van der Waals surface area (Å²) in [5, 5.41) is 3.25. The minimum absolute atomic E-state index is 0.707. The summed E-state index contributed by atoms with van der Waals surface area (Å²) in [5.41, 5.74) is 1.22. The van der Waals surface area contributed by atoms with Gasteiger partial charge in [0.15, 0.2) is 0 Å². The zero-order chi connectivity index (χ0) is 10.1. The van der Waals surface area contributed by atoms with Crippen molar-refractivity contribution in [1.82, 2.24) is 0 Å². The van der Waals surface area contributed by atoms with Gasteiger partial charge in [-0.25, -0.2) is 0 Å². The van der Waals surface area contributed by atoms with Crippen LogP contribution in [-0.2, 0) is 0 Å². The molecule has 2 aromatic rings. The highest BCUT2D eigenvalue weighted by Gasteiger charge is 2.07. The molecule has 0 atom stereocenters. The molecule has 0 radical (unpaired) electrons. The first-order valence-electron chi connectivity index (χ1n) is 4.56. The van der Waals surface area contributed by atoms with Crippen molar-refractivity contribution in [3.05, 3.63) is 23.1 Å². The normalized spacial score (nSPS) is 10.8. The lowest BCUT2D eigenvalue weighted by Crippen LogP contribution is -1.91. The molecular formula is C11H12OS2. The third kappa shape index (κ3) is 1.62. The first-order valence-corrected chi connectivity index (χ1v) is 5.88. The smallest absolute Gasteiger partial charge is 0.137 e. The van der Waals surface area contributed by atoms with E-state index in [9.17, 15) is 0 Å². The van der Waals surface area contributed by atoms with E-state index in [1.807, 2.05) is 6.92 Å². The summed E-state index contributed by atoms with van der Waals surface area (Å²) < 4.78 is 6.79. The Labute approximate surface area is 93.1 Å². The predicted molar refractivity (Wildman–Crippen MR) is 65.0 cm³/mol. The maximum atomic E-state index is 5.59. The van der Waals surface area contributed by atoms with E-state index in [-0.39, 0.29) is 0 Å². The molecular weight excluding hydrogens is 212 g/mol. The van der Waals surface area contributed by atoms with Crippen LogP contribution in [0.15, 0.2) is 22.4 Å². The molecule has 0 aliphatic rings. The Bertz CT molecular complexity index is 460. The van der Waals surface area contributed by atoms with E-state index < -0.39 is 0 Å². The summed E-state index contributed by atoms with van der Waals surface area (Å²) in [6.07, 6.45) is 0. The predicted octanol–water partition coefficient (Wildman–Crippen LogP) is 3.90. The Morgan fingerprint density at radius 3 is 2.93 bits per heavy atom. The number of ether oxygens (including phenoxy) is 1. The van der Waals surface area contributed by atoms with E-state index in [1.165, 1.54) is 15.6 Å². The van der Waals surface area contributed by atoms with Crippen molar-refractivity contribution in [2.45, 2.75) is 18.7 Å². The van der Waals surface area contributed by atoms with Gasteiger partial charge in [-0.1, -0.05) is 0 Å². The number of hydrogen-bond acceptors (Lipinski definition) is 3. The van der Waals surface area contributed by atoms with E-state index in [2.05, 4.69) is 37.1 Å². The fourth-order valence-corrected chi connectivity index (χ4v) is 2.79. The fraction of sp³-hybridized carbons (Fsp3) is 0.273. The van der Waals surface area contributed by atoms with Crippen molar-refractivity contribution >= 4 is 34.1 Å². The number of fused-ring (bicyclic) bond motifs is 1. The molecule has 0 unspecified atom stereocenters. The van der Waals surface area contributed by atoms with Gasteiger partial charge in [-0.3, -0.25) is 0 Å². The van der Waals surface area contributed by atoms with Gasteiger partial charge in [-0.05, 0) is 31.5 Å². The van der Waals surface area contributed by atoms with Crippen LogP contribution < -0.4 is 4.74 Å². The quantitative estimate of drug-likeness (QED) is 0.761. The zero-order valence-corrected chi connectivity index (χ0v) is 9.91. The van der Waals surface area contributed by atoms with Gasteiger partial charge >= 0.3 is 0 Å². The Kier molecular flexibility index (Phi) is 2.70. The molecule has 0 saturated carbocycles. The fourth-order valence-electron chi connectivity index (χ4n) is 1.49. The summed E-state index contributed by atoms with van der Waals surface area (Å²) >= 11 is 6.11. The van der Waals surface area contributed by atoms with E-state index >= 15 is 0 Å². The summed E-state index contributed by atoms with van der Waals surface area (Å²) in [5.74, 6) is 0.979. The second-order valence-electron chi connectivity index (χ2n) is 3.19. The van der Waals surface area contributed by atoms with Crippen molar-refractivity contribution in [1.29, 1.82) is 0 Å². The van der Waals surface area contributed by atoms with Crippen LogP contribution in [0, 0.1) is 6.92 Å². The molecule has 1 nitrogen and oxygen atoms in total. The van der Waals surface area contributed by atoms with Gasteiger partial charge in [0, 0.05) is 15.7 Å². The minimum Gasteiger partial charge on any atom is -0.492 e. The molecule has 0 fully saturated rings. The van der Waals surface area contributed by atoms with Gasteiger partial charge in [0.05, 0.1) is 11.3 Å². The second-order valence-corrected chi connectivity index (χ2v) is 4.56. The van der Waals surface area contributed by atoms with Crippen LogP contribution in [-0.4, -0.2) is 6.61 Å². The highest BCUT2D eigenvalue weighted by molar-refractivity contribution is 7.80. The van der Waals surface area contributed by atoms with Crippen molar-refractivity contribution < 1.29 is 4.74 Å². The number of aryl methyl sites for hydroxylation is 1. The highest BCUT2D eigenvalue weighted by Crippen LogP contribution is 2.36. The van der Waals surface area contributed by atoms with Gasteiger partial charge in [-0.2, -0.15) is 0 Å². The van der Waals surface area contributed by atoms with Crippen LogP contribution in [0.4, 0.5) is 0 Å². The maximum Gasteiger partial charge on any atom is 0.137 e. The molecule has 2 rings (SSSR count). The van der Waals surface area contributed by atoms with E-state index in [0.717, 1.165) is 10.6 Å². The second kappa shape index (κ2) is 3.83. The Hall–Kier alpha value is -0.670. The lowest BCUT2D eigenvalue weighted by atomic mass is 10.2. The van der Waals surface area contributed by atoms with Crippen LogP contribution in [0.5, 0.6) is 5.75 Å². The summed E-state index contributed by atoms with van der Waals surface area (Å²) in [7, 11) is 0. The third-order valence-electron chi connectivity index (χ3n) is 2.06. The third-order valence-corrected chi connectivity index (χ3v) is 3.62. The molecule has 1 heterocycles. The largest absolute Gasteiger partial charge is 0.492 e. The number of thiol groups is 1. The van der Waals surface area contributed by atoms with Gasteiger partial charge in [0.2, 0.25) is 0 Å². The molecule has 0 bridgehead atoms.